The molecule has 1 amide bonds. The number of rotatable bonds is 12. The zero-order valence-corrected chi connectivity index (χ0v) is 19.3. The molecule has 0 spiro atoms. The fourth-order valence-electron chi connectivity index (χ4n) is 3.29. The Hall–Kier alpha value is -3.99. The number of hydrogen-bond acceptors (Lipinski definition) is 6. The van der Waals surface area contributed by atoms with E-state index in [0.29, 0.717) is 30.6 Å². The number of aromatic nitrogens is 2. The molecule has 2 N–H and O–H groups in total. The maximum Gasteiger partial charge on any atom is 0.411 e. The monoisotopic (exact) mass is 502 g/mol. The van der Waals surface area contributed by atoms with E-state index >= 15 is 0 Å². The summed E-state index contributed by atoms with van der Waals surface area (Å²) in [5.41, 5.74) is 0.700. The van der Waals surface area contributed by atoms with E-state index in [1.54, 1.807) is 24.3 Å². The highest BCUT2D eigenvalue weighted by Crippen LogP contribution is 2.17. The summed E-state index contributed by atoms with van der Waals surface area (Å²) in [4.78, 5) is 34.6. The highest BCUT2D eigenvalue weighted by atomic mass is 19.2. The van der Waals surface area contributed by atoms with Crippen molar-refractivity contribution >= 4 is 18.1 Å². The van der Waals surface area contributed by atoms with E-state index in [9.17, 15) is 27.6 Å². The van der Waals surface area contributed by atoms with Crippen LogP contribution in [-0.4, -0.2) is 41.9 Å². The third-order valence-corrected chi connectivity index (χ3v) is 5.06. The van der Waals surface area contributed by atoms with Crippen LogP contribution in [0.2, 0.25) is 0 Å². The fraction of sp³-hybridized carbons (Fsp3) is 0.280. The van der Waals surface area contributed by atoms with Gasteiger partial charge in [0, 0.05) is 42.9 Å². The van der Waals surface area contributed by atoms with Gasteiger partial charge in [-0.15, -0.1) is 0 Å². The van der Waals surface area contributed by atoms with E-state index in [1.807, 2.05) is 0 Å². The second kappa shape index (κ2) is 13.2. The van der Waals surface area contributed by atoms with E-state index in [1.165, 1.54) is 12.3 Å². The first-order valence-electron chi connectivity index (χ1n) is 11.3. The summed E-state index contributed by atoms with van der Waals surface area (Å²) in [6.07, 6.45) is 3.43. The summed E-state index contributed by atoms with van der Waals surface area (Å²) in [6.45, 7) is 1.58. The predicted molar refractivity (Wildman–Crippen MR) is 127 cm³/mol. The second-order valence-corrected chi connectivity index (χ2v) is 7.85. The molecule has 8 nitrogen and oxygen atoms in total. The van der Waals surface area contributed by atoms with Crippen LogP contribution >= 0.6 is 0 Å². The maximum absolute atomic E-state index is 13.6. The molecule has 0 bridgehead atoms. The van der Waals surface area contributed by atoms with Crippen LogP contribution in [0.1, 0.15) is 30.5 Å². The third-order valence-electron chi connectivity index (χ3n) is 5.06. The average Bonchev–Trinajstić information content (AvgIpc) is 2.85. The Bertz CT molecular complexity index is 1240. The Morgan fingerprint density at radius 3 is 2.56 bits per heavy atom. The minimum atomic E-state index is -1.59. The van der Waals surface area contributed by atoms with Gasteiger partial charge < -0.3 is 14.8 Å². The van der Waals surface area contributed by atoms with E-state index in [0.717, 1.165) is 36.1 Å². The number of hydrogen-bond donors (Lipinski definition) is 2. The number of unbranched alkanes of at least 4 members (excludes halogenated alkanes) is 1. The standard InChI is InChI=1S/C25H25F3N4O4/c26-20-15-19(16-21(27)24(20)28)32-10-7-23(34)22(31-32)14-17-5-3-6-18(13-17)30-25(35)36-12-4-9-29-8-1-2-11-33/h3,5-7,10-11,13,15-16,29H,1-2,4,8-9,12,14H2,(H,30,35). The molecule has 11 heteroatoms. The summed E-state index contributed by atoms with van der Waals surface area (Å²) in [5, 5.41) is 9.89. The first kappa shape index (κ1) is 26.6. The lowest BCUT2D eigenvalue weighted by molar-refractivity contribution is -0.107. The molecule has 190 valence electrons. The van der Waals surface area contributed by atoms with E-state index < -0.39 is 29.0 Å². The van der Waals surface area contributed by atoms with Gasteiger partial charge in [-0.2, -0.15) is 5.10 Å². The van der Waals surface area contributed by atoms with Crippen LogP contribution in [-0.2, 0) is 16.0 Å². The molecule has 0 aliphatic heterocycles. The molecule has 0 saturated heterocycles. The van der Waals surface area contributed by atoms with Crippen molar-refractivity contribution in [3.63, 3.8) is 0 Å². The summed E-state index contributed by atoms with van der Waals surface area (Å²) < 4.78 is 46.7. The summed E-state index contributed by atoms with van der Waals surface area (Å²) in [6, 6.07) is 9.45. The number of benzene rings is 2. The quantitative estimate of drug-likeness (QED) is 0.222. The van der Waals surface area contributed by atoms with E-state index in [-0.39, 0.29) is 24.4 Å². The van der Waals surface area contributed by atoms with Crippen molar-refractivity contribution in [1.82, 2.24) is 15.1 Å². The van der Waals surface area contributed by atoms with Gasteiger partial charge in [0.1, 0.15) is 12.0 Å². The molecule has 1 aromatic heterocycles. The van der Waals surface area contributed by atoms with Gasteiger partial charge >= 0.3 is 6.09 Å². The van der Waals surface area contributed by atoms with Gasteiger partial charge in [-0.25, -0.2) is 22.6 Å². The molecule has 0 aliphatic carbocycles. The number of ether oxygens (including phenoxy) is 1. The van der Waals surface area contributed by atoms with Crippen molar-refractivity contribution in [3.05, 3.63) is 87.6 Å². The van der Waals surface area contributed by atoms with Gasteiger partial charge in [-0.3, -0.25) is 10.1 Å². The van der Waals surface area contributed by atoms with Crippen molar-refractivity contribution < 1.29 is 27.5 Å². The maximum atomic E-state index is 13.6. The largest absolute Gasteiger partial charge is 0.449 e. The second-order valence-electron chi connectivity index (χ2n) is 7.85. The normalized spacial score (nSPS) is 10.8. The van der Waals surface area contributed by atoms with Gasteiger partial charge in [0.05, 0.1) is 12.3 Å². The summed E-state index contributed by atoms with van der Waals surface area (Å²) in [7, 11) is 0. The average molecular weight is 502 g/mol. The number of amides is 1. The lowest BCUT2D eigenvalue weighted by Crippen LogP contribution is -2.20. The molecule has 1 heterocycles. The van der Waals surface area contributed by atoms with Crippen molar-refractivity contribution in [2.24, 2.45) is 0 Å². The van der Waals surface area contributed by atoms with Crippen LogP contribution in [0.4, 0.5) is 23.7 Å². The topological polar surface area (TPSA) is 102 Å². The Morgan fingerprint density at radius 1 is 1.06 bits per heavy atom. The van der Waals surface area contributed by atoms with Crippen LogP contribution in [0.15, 0.2) is 53.5 Å². The molecule has 0 unspecified atom stereocenters. The first-order valence-corrected chi connectivity index (χ1v) is 11.3. The summed E-state index contributed by atoms with van der Waals surface area (Å²) in [5.74, 6) is -4.34. The number of carbonyl (C=O) groups excluding carboxylic acids is 2. The zero-order chi connectivity index (χ0) is 25.9. The SMILES string of the molecule is O=CCCCNCCCOC(=O)Nc1cccc(Cc2nn(-c3cc(F)c(F)c(F)c3)ccc2=O)c1. The molecule has 0 saturated carbocycles. The Kier molecular flexibility index (Phi) is 9.75. The Balaban J connectivity index is 1.58. The highest BCUT2D eigenvalue weighted by Gasteiger charge is 2.13. The van der Waals surface area contributed by atoms with Crippen molar-refractivity contribution in [2.45, 2.75) is 25.7 Å². The minimum Gasteiger partial charge on any atom is -0.449 e. The van der Waals surface area contributed by atoms with Crippen molar-refractivity contribution in [2.75, 3.05) is 25.0 Å². The smallest absolute Gasteiger partial charge is 0.411 e. The Morgan fingerprint density at radius 2 is 1.81 bits per heavy atom. The first-order chi connectivity index (χ1) is 17.4. The van der Waals surface area contributed by atoms with Crippen LogP contribution in [0.25, 0.3) is 5.69 Å². The van der Waals surface area contributed by atoms with Gasteiger partial charge in [-0.05, 0) is 43.6 Å². The molecule has 0 atom stereocenters. The molecule has 3 aromatic rings. The van der Waals surface area contributed by atoms with Crippen LogP contribution in [0.5, 0.6) is 0 Å². The van der Waals surface area contributed by atoms with Crippen molar-refractivity contribution in [3.8, 4) is 5.69 Å². The lowest BCUT2D eigenvalue weighted by Gasteiger charge is -2.10. The van der Waals surface area contributed by atoms with Crippen LogP contribution in [0.3, 0.4) is 0 Å². The molecular weight excluding hydrogens is 477 g/mol. The molecule has 36 heavy (non-hydrogen) atoms. The number of halogens is 3. The van der Waals surface area contributed by atoms with E-state index in [2.05, 4.69) is 15.7 Å². The number of anilines is 1. The molecule has 0 fully saturated rings. The van der Waals surface area contributed by atoms with E-state index in [4.69, 9.17) is 4.74 Å². The summed E-state index contributed by atoms with van der Waals surface area (Å²) >= 11 is 0. The lowest BCUT2D eigenvalue weighted by atomic mass is 10.1. The van der Waals surface area contributed by atoms with Gasteiger partial charge in [0.25, 0.3) is 0 Å². The molecular formula is C25H25F3N4O4. The van der Waals surface area contributed by atoms with Gasteiger partial charge in [0.15, 0.2) is 17.5 Å². The predicted octanol–water partition coefficient (Wildman–Crippen LogP) is 3.75. The molecule has 0 radical (unpaired) electrons. The van der Waals surface area contributed by atoms with Gasteiger partial charge in [-0.1, -0.05) is 12.1 Å². The number of nitrogens with zero attached hydrogens (tertiary/aromatic N) is 2. The molecule has 3 rings (SSSR count). The number of nitrogens with one attached hydrogen (secondary N) is 2. The molecule has 0 aliphatic rings. The number of carbonyl (C=O) groups is 2. The van der Waals surface area contributed by atoms with Crippen molar-refractivity contribution in [1.29, 1.82) is 0 Å². The number of aldehydes is 1. The third kappa shape index (κ3) is 7.77. The highest BCUT2D eigenvalue weighted by molar-refractivity contribution is 5.84. The zero-order valence-electron chi connectivity index (χ0n) is 19.3. The Labute approximate surface area is 205 Å². The minimum absolute atomic E-state index is 0.0756. The van der Waals surface area contributed by atoms with Gasteiger partial charge in [0.2, 0.25) is 5.43 Å². The van der Waals surface area contributed by atoms with Crippen LogP contribution < -0.4 is 16.1 Å². The molecule has 2 aromatic carbocycles. The van der Waals surface area contributed by atoms with Crippen LogP contribution in [0, 0.1) is 17.5 Å². The fourth-order valence-corrected chi connectivity index (χ4v) is 3.29.